The third-order valence-corrected chi connectivity index (χ3v) is 3.74. The fraction of sp³-hybridized carbons (Fsp3) is 0.429. The number of benzene rings is 1. The quantitative estimate of drug-likeness (QED) is 0.865. The number of carbonyl (C=O) groups is 2. The van der Waals surface area contributed by atoms with Crippen molar-refractivity contribution in [3.05, 3.63) is 28.0 Å². The summed E-state index contributed by atoms with van der Waals surface area (Å²) in [5.74, 6) is -1.01. The molecule has 1 saturated heterocycles. The van der Waals surface area contributed by atoms with Crippen LogP contribution in [-0.2, 0) is 9.59 Å². The molecule has 114 valence electrons. The fourth-order valence-electron chi connectivity index (χ4n) is 2.26. The second-order valence-corrected chi connectivity index (χ2v) is 6.21. The van der Waals surface area contributed by atoms with Crippen molar-refractivity contribution in [3.63, 3.8) is 0 Å². The molecule has 7 heteroatoms. The molecule has 0 radical (unpaired) electrons. The maximum atomic E-state index is 13.5. The number of nitrogens with zero attached hydrogens (tertiary/aromatic N) is 1. The summed E-state index contributed by atoms with van der Waals surface area (Å²) >= 11 is 11.5. The van der Waals surface area contributed by atoms with Gasteiger partial charge in [0, 0.05) is 5.69 Å². The number of rotatable bonds is 3. The van der Waals surface area contributed by atoms with Gasteiger partial charge in [-0.1, -0.05) is 37.0 Å². The lowest BCUT2D eigenvalue weighted by Crippen LogP contribution is -2.58. The summed E-state index contributed by atoms with van der Waals surface area (Å²) in [5, 5.41) is 2.30. The Morgan fingerprint density at radius 2 is 1.90 bits per heavy atom. The normalized spacial score (nSPS) is 19.1. The number of hydrogen-bond donors (Lipinski definition) is 1. The lowest BCUT2D eigenvalue weighted by Gasteiger charge is -2.33. The predicted molar refractivity (Wildman–Crippen MR) is 80.2 cm³/mol. The number of amides is 2. The Hall–Kier alpha value is -1.33. The van der Waals surface area contributed by atoms with Gasteiger partial charge in [-0.15, -0.1) is 0 Å². The zero-order chi connectivity index (χ0) is 15.7. The zero-order valence-electron chi connectivity index (χ0n) is 11.6. The Bertz CT molecular complexity index is 569. The van der Waals surface area contributed by atoms with Crippen LogP contribution in [0.1, 0.15) is 20.3 Å². The maximum absolute atomic E-state index is 13.5. The van der Waals surface area contributed by atoms with Crippen LogP contribution in [0.25, 0.3) is 0 Å². The average Bonchev–Trinajstić information content (AvgIpc) is 2.38. The van der Waals surface area contributed by atoms with Gasteiger partial charge in [0.2, 0.25) is 11.8 Å². The van der Waals surface area contributed by atoms with E-state index in [0.717, 1.165) is 0 Å². The van der Waals surface area contributed by atoms with Gasteiger partial charge in [-0.05, 0) is 24.5 Å². The van der Waals surface area contributed by atoms with E-state index in [1.165, 1.54) is 17.0 Å². The highest BCUT2D eigenvalue weighted by Crippen LogP contribution is 2.30. The van der Waals surface area contributed by atoms with E-state index in [-0.39, 0.29) is 34.3 Å². The predicted octanol–water partition coefficient (Wildman–Crippen LogP) is 3.01. The minimum Gasteiger partial charge on any atom is -0.343 e. The second kappa shape index (κ2) is 6.20. The Labute approximate surface area is 132 Å². The highest BCUT2D eigenvalue weighted by Gasteiger charge is 2.34. The summed E-state index contributed by atoms with van der Waals surface area (Å²) in [5.41, 5.74) is 0.319. The van der Waals surface area contributed by atoms with Crippen LogP contribution >= 0.6 is 23.2 Å². The number of hydrogen-bond acceptors (Lipinski definition) is 2. The summed E-state index contributed by atoms with van der Waals surface area (Å²) in [4.78, 5) is 25.5. The van der Waals surface area contributed by atoms with E-state index in [0.29, 0.717) is 12.1 Å². The van der Waals surface area contributed by atoms with E-state index >= 15 is 0 Å². The molecule has 4 nitrogen and oxygen atoms in total. The van der Waals surface area contributed by atoms with E-state index < -0.39 is 11.9 Å². The van der Waals surface area contributed by atoms with Crippen molar-refractivity contribution in [1.29, 1.82) is 0 Å². The van der Waals surface area contributed by atoms with Crippen LogP contribution in [-0.4, -0.2) is 24.4 Å². The van der Waals surface area contributed by atoms with Crippen LogP contribution in [0.3, 0.4) is 0 Å². The van der Waals surface area contributed by atoms with Crippen molar-refractivity contribution in [1.82, 2.24) is 5.32 Å². The van der Waals surface area contributed by atoms with Gasteiger partial charge in [0.15, 0.2) is 5.82 Å². The molecule has 0 bridgehead atoms. The molecule has 0 aromatic heterocycles. The number of halogens is 3. The molecule has 1 heterocycles. The summed E-state index contributed by atoms with van der Waals surface area (Å²) in [6.07, 6.45) is 0.531. The third kappa shape index (κ3) is 3.47. The Morgan fingerprint density at radius 1 is 1.33 bits per heavy atom. The Balaban J connectivity index is 2.33. The molecule has 1 N–H and O–H groups in total. The molecule has 1 aromatic carbocycles. The topological polar surface area (TPSA) is 49.4 Å². The molecule has 2 rings (SSSR count). The SMILES string of the molecule is CC(C)CC1NC(=O)CN(c2cc(Cl)c(F)c(Cl)c2)C1=O. The van der Waals surface area contributed by atoms with Crippen molar-refractivity contribution in [2.24, 2.45) is 5.92 Å². The van der Waals surface area contributed by atoms with Crippen LogP contribution in [0.2, 0.25) is 10.0 Å². The number of piperazine rings is 1. The van der Waals surface area contributed by atoms with E-state index in [9.17, 15) is 14.0 Å². The van der Waals surface area contributed by atoms with E-state index in [1.54, 1.807) is 0 Å². The lowest BCUT2D eigenvalue weighted by molar-refractivity contribution is -0.131. The first-order valence-electron chi connectivity index (χ1n) is 6.55. The summed E-state index contributed by atoms with van der Waals surface area (Å²) in [7, 11) is 0. The van der Waals surface area contributed by atoms with Gasteiger partial charge in [0.1, 0.15) is 12.6 Å². The van der Waals surface area contributed by atoms with Crippen LogP contribution in [0, 0.1) is 11.7 Å². The fourth-order valence-corrected chi connectivity index (χ4v) is 2.73. The first-order chi connectivity index (χ1) is 9.79. The zero-order valence-corrected chi connectivity index (χ0v) is 13.1. The molecule has 0 aliphatic carbocycles. The molecular formula is C14H15Cl2FN2O2. The maximum Gasteiger partial charge on any atom is 0.250 e. The van der Waals surface area contributed by atoms with Crippen LogP contribution in [0.15, 0.2) is 12.1 Å². The highest BCUT2D eigenvalue weighted by molar-refractivity contribution is 6.35. The Kier molecular flexibility index (Phi) is 4.74. The summed E-state index contributed by atoms with van der Waals surface area (Å²) < 4.78 is 13.5. The molecule has 2 amide bonds. The first kappa shape index (κ1) is 16.0. The number of anilines is 1. The summed E-state index contributed by atoms with van der Waals surface area (Å²) in [6, 6.07) is 2.01. The monoisotopic (exact) mass is 332 g/mol. The molecule has 1 fully saturated rings. The van der Waals surface area contributed by atoms with Gasteiger partial charge in [0.05, 0.1) is 10.0 Å². The highest BCUT2D eigenvalue weighted by atomic mass is 35.5. The molecule has 21 heavy (non-hydrogen) atoms. The molecular weight excluding hydrogens is 318 g/mol. The summed E-state index contributed by atoms with van der Waals surface area (Å²) in [6.45, 7) is 3.79. The van der Waals surface area contributed by atoms with Crippen LogP contribution in [0.4, 0.5) is 10.1 Å². The smallest absolute Gasteiger partial charge is 0.250 e. The molecule has 1 aliphatic heterocycles. The van der Waals surface area contributed by atoms with Crippen molar-refractivity contribution in [2.75, 3.05) is 11.4 Å². The molecule has 1 aliphatic rings. The molecule has 0 spiro atoms. The van der Waals surface area contributed by atoms with Crippen LogP contribution < -0.4 is 10.2 Å². The second-order valence-electron chi connectivity index (χ2n) is 5.40. The third-order valence-electron chi connectivity index (χ3n) is 3.19. The van der Waals surface area contributed by atoms with Crippen molar-refractivity contribution < 1.29 is 14.0 Å². The molecule has 1 unspecified atom stereocenters. The molecule has 1 aromatic rings. The minimum absolute atomic E-state index is 0.133. The first-order valence-corrected chi connectivity index (χ1v) is 7.30. The van der Waals surface area contributed by atoms with E-state index in [2.05, 4.69) is 5.32 Å². The largest absolute Gasteiger partial charge is 0.343 e. The van der Waals surface area contributed by atoms with Crippen molar-refractivity contribution in [2.45, 2.75) is 26.3 Å². The van der Waals surface area contributed by atoms with E-state index in [1.807, 2.05) is 13.8 Å². The van der Waals surface area contributed by atoms with Crippen molar-refractivity contribution >= 4 is 40.7 Å². The van der Waals surface area contributed by atoms with Gasteiger partial charge in [-0.2, -0.15) is 0 Å². The van der Waals surface area contributed by atoms with E-state index in [4.69, 9.17) is 23.2 Å². The lowest BCUT2D eigenvalue weighted by atomic mass is 10.0. The minimum atomic E-state index is -0.741. The molecule has 0 saturated carbocycles. The van der Waals surface area contributed by atoms with Crippen molar-refractivity contribution in [3.8, 4) is 0 Å². The van der Waals surface area contributed by atoms with Gasteiger partial charge in [0.25, 0.3) is 0 Å². The average molecular weight is 333 g/mol. The number of carbonyl (C=O) groups excluding carboxylic acids is 2. The van der Waals surface area contributed by atoms with Gasteiger partial charge >= 0.3 is 0 Å². The van der Waals surface area contributed by atoms with Gasteiger partial charge in [-0.3, -0.25) is 9.59 Å². The number of nitrogens with one attached hydrogen (secondary N) is 1. The Morgan fingerprint density at radius 3 is 2.43 bits per heavy atom. The van der Waals surface area contributed by atoms with Gasteiger partial charge < -0.3 is 10.2 Å². The van der Waals surface area contributed by atoms with Crippen LogP contribution in [0.5, 0.6) is 0 Å². The molecule has 1 atom stereocenters. The standard InChI is InChI=1S/C14H15Cl2FN2O2/c1-7(2)3-11-14(21)19(6-12(20)18-11)8-4-9(15)13(17)10(16)5-8/h4-5,7,11H,3,6H2,1-2H3,(H,18,20). The van der Waals surface area contributed by atoms with Gasteiger partial charge in [-0.25, -0.2) is 4.39 Å².